The lowest BCUT2D eigenvalue weighted by atomic mass is 9.72. The standard InChI is InChI=1S/C15H22ClNO/c1-2-18-15-7-6-12(10-14(15)16)13(8-9-17)11-4-3-5-11/h6-7,10-11,13H,2-5,8-9,17H2,1H3. The Labute approximate surface area is 114 Å². The molecule has 1 fully saturated rings. The van der Waals surface area contributed by atoms with E-state index in [0.29, 0.717) is 12.5 Å². The Morgan fingerprint density at radius 3 is 2.72 bits per heavy atom. The number of halogens is 1. The van der Waals surface area contributed by atoms with E-state index in [-0.39, 0.29) is 0 Å². The Morgan fingerprint density at radius 2 is 2.22 bits per heavy atom. The quantitative estimate of drug-likeness (QED) is 0.846. The zero-order chi connectivity index (χ0) is 13.0. The number of nitrogens with two attached hydrogens (primary N) is 1. The smallest absolute Gasteiger partial charge is 0.137 e. The second-order valence-corrected chi connectivity index (χ2v) is 5.40. The summed E-state index contributed by atoms with van der Waals surface area (Å²) in [4.78, 5) is 0. The first-order chi connectivity index (χ1) is 8.76. The van der Waals surface area contributed by atoms with Crippen LogP contribution >= 0.6 is 11.6 Å². The van der Waals surface area contributed by atoms with E-state index >= 15 is 0 Å². The molecule has 0 radical (unpaired) electrons. The molecule has 0 spiro atoms. The van der Waals surface area contributed by atoms with Gasteiger partial charge in [-0.1, -0.05) is 24.1 Å². The molecule has 1 aliphatic carbocycles. The second-order valence-electron chi connectivity index (χ2n) is 5.00. The molecule has 0 aliphatic heterocycles. The van der Waals surface area contributed by atoms with Gasteiger partial charge in [-0.25, -0.2) is 0 Å². The highest BCUT2D eigenvalue weighted by Gasteiger charge is 2.28. The molecule has 0 aromatic heterocycles. The maximum absolute atomic E-state index is 6.26. The van der Waals surface area contributed by atoms with E-state index < -0.39 is 0 Å². The average Bonchev–Trinajstić information content (AvgIpc) is 2.29. The van der Waals surface area contributed by atoms with E-state index in [1.54, 1.807) is 0 Å². The van der Waals surface area contributed by atoms with Gasteiger partial charge in [-0.05, 0) is 62.3 Å². The zero-order valence-corrected chi connectivity index (χ0v) is 11.7. The fourth-order valence-electron chi connectivity index (χ4n) is 2.72. The van der Waals surface area contributed by atoms with Gasteiger partial charge in [0.2, 0.25) is 0 Å². The van der Waals surface area contributed by atoms with Crippen LogP contribution in [0.15, 0.2) is 18.2 Å². The van der Waals surface area contributed by atoms with Crippen molar-refractivity contribution in [3.63, 3.8) is 0 Å². The Kier molecular flexibility index (Phi) is 4.90. The van der Waals surface area contributed by atoms with Gasteiger partial charge in [0.25, 0.3) is 0 Å². The first-order valence-corrected chi connectivity index (χ1v) is 7.26. The third-order valence-electron chi connectivity index (χ3n) is 3.88. The van der Waals surface area contributed by atoms with Crippen molar-refractivity contribution < 1.29 is 4.74 Å². The van der Waals surface area contributed by atoms with Crippen molar-refractivity contribution in [3.8, 4) is 5.75 Å². The summed E-state index contributed by atoms with van der Waals surface area (Å²) in [6, 6.07) is 6.20. The lowest BCUT2D eigenvalue weighted by molar-refractivity contribution is 0.253. The molecule has 0 heterocycles. The van der Waals surface area contributed by atoms with E-state index in [9.17, 15) is 0 Å². The first kappa shape index (κ1) is 13.7. The summed E-state index contributed by atoms with van der Waals surface area (Å²) in [5, 5.41) is 0.718. The van der Waals surface area contributed by atoms with Gasteiger partial charge in [-0.15, -0.1) is 0 Å². The van der Waals surface area contributed by atoms with Gasteiger partial charge < -0.3 is 10.5 Å². The van der Waals surface area contributed by atoms with Crippen molar-refractivity contribution >= 4 is 11.6 Å². The van der Waals surface area contributed by atoms with Crippen LogP contribution in [0.1, 0.15) is 44.1 Å². The topological polar surface area (TPSA) is 35.2 Å². The van der Waals surface area contributed by atoms with Crippen LogP contribution < -0.4 is 10.5 Å². The lowest BCUT2D eigenvalue weighted by Crippen LogP contribution is -2.22. The summed E-state index contributed by atoms with van der Waals surface area (Å²) in [6.45, 7) is 3.36. The van der Waals surface area contributed by atoms with Crippen LogP contribution in [-0.2, 0) is 0 Å². The Balaban J connectivity index is 2.16. The van der Waals surface area contributed by atoms with Crippen LogP contribution in [0, 0.1) is 5.92 Å². The first-order valence-electron chi connectivity index (χ1n) is 6.88. The predicted molar refractivity (Wildman–Crippen MR) is 76.4 cm³/mol. The third-order valence-corrected chi connectivity index (χ3v) is 4.18. The predicted octanol–water partition coefficient (Wildman–Crippen LogP) is 3.97. The SMILES string of the molecule is CCOc1ccc(C(CCN)C2CCC2)cc1Cl. The maximum atomic E-state index is 6.26. The molecule has 0 saturated heterocycles. The number of hydrogen-bond acceptors (Lipinski definition) is 2. The van der Waals surface area contributed by atoms with Crippen LogP contribution in [0.3, 0.4) is 0 Å². The molecule has 1 unspecified atom stereocenters. The number of benzene rings is 1. The fraction of sp³-hybridized carbons (Fsp3) is 0.600. The minimum Gasteiger partial charge on any atom is -0.492 e. The van der Waals surface area contributed by atoms with Crippen LogP contribution in [0.4, 0.5) is 0 Å². The van der Waals surface area contributed by atoms with E-state index in [0.717, 1.165) is 29.7 Å². The minimum absolute atomic E-state index is 0.567. The van der Waals surface area contributed by atoms with Crippen molar-refractivity contribution in [1.29, 1.82) is 0 Å². The monoisotopic (exact) mass is 267 g/mol. The van der Waals surface area contributed by atoms with Crippen LogP contribution in [0.25, 0.3) is 0 Å². The van der Waals surface area contributed by atoms with E-state index in [2.05, 4.69) is 12.1 Å². The van der Waals surface area contributed by atoms with Gasteiger partial charge in [-0.3, -0.25) is 0 Å². The van der Waals surface area contributed by atoms with Crippen molar-refractivity contribution in [1.82, 2.24) is 0 Å². The molecule has 1 aromatic rings. The van der Waals surface area contributed by atoms with Crippen molar-refractivity contribution in [2.75, 3.05) is 13.2 Å². The summed E-state index contributed by atoms with van der Waals surface area (Å²) in [7, 11) is 0. The van der Waals surface area contributed by atoms with Crippen LogP contribution in [0.5, 0.6) is 5.75 Å². The molecule has 100 valence electrons. The Bertz CT molecular complexity index is 390. The van der Waals surface area contributed by atoms with Gasteiger partial charge in [0.1, 0.15) is 5.75 Å². The highest BCUT2D eigenvalue weighted by molar-refractivity contribution is 6.32. The molecule has 3 heteroatoms. The number of hydrogen-bond donors (Lipinski definition) is 1. The molecule has 2 nitrogen and oxygen atoms in total. The van der Waals surface area contributed by atoms with Crippen molar-refractivity contribution in [2.45, 2.75) is 38.5 Å². The average molecular weight is 268 g/mol. The molecule has 18 heavy (non-hydrogen) atoms. The van der Waals surface area contributed by atoms with Gasteiger partial charge in [0, 0.05) is 0 Å². The summed E-state index contributed by atoms with van der Waals surface area (Å²) in [5.41, 5.74) is 7.06. The van der Waals surface area contributed by atoms with Crippen LogP contribution in [-0.4, -0.2) is 13.2 Å². The van der Waals surface area contributed by atoms with E-state index in [1.165, 1.54) is 24.8 Å². The summed E-state index contributed by atoms with van der Waals surface area (Å²) in [6.07, 6.45) is 5.07. The van der Waals surface area contributed by atoms with E-state index in [1.807, 2.05) is 13.0 Å². The molecule has 0 amide bonds. The van der Waals surface area contributed by atoms with Gasteiger partial charge in [-0.2, -0.15) is 0 Å². The summed E-state index contributed by atoms with van der Waals surface area (Å²) >= 11 is 6.26. The summed E-state index contributed by atoms with van der Waals surface area (Å²) < 4.78 is 5.48. The molecule has 1 aromatic carbocycles. The van der Waals surface area contributed by atoms with Gasteiger partial charge >= 0.3 is 0 Å². The summed E-state index contributed by atoms with van der Waals surface area (Å²) in [5.74, 6) is 2.14. The highest BCUT2D eigenvalue weighted by atomic mass is 35.5. The molecular weight excluding hydrogens is 246 g/mol. The number of rotatable bonds is 6. The molecular formula is C15H22ClNO. The lowest BCUT2D eigenvalue weighted by Gasteiger charge is -2.34. The maximum Gasteiger partial charge on any atom is 0.137 e. The van der Waals surface area contributed by atoms with Crippen molar-refractivity contribution in [2.24, 2.45) is 11.7 Å². The zero-order valence-electron chi connectivity index (χ0n) is 11.0. The fourth-order valence-corrected chi connectivity index (χ4v) is 2.96. The second kappa shape index (κ2) is 6.44. The van der Waals surface area contributed by atoms with Gasteiger partial charge in [0.15, 0.2) is 0 Å². The van der Waals surface area contributed by atoms with Gasteiger partial charge in [0.05, 0.1) is 11.6 Å². The normalized spacial score (nSPS) is 17.3. The number of ether oxygens (including phenoxy) is 1. The Hall–Kier alpha value is -0.730. The molecule has 0 bridgehead atoms. The highest BCUT2D eigenvalue weighted by Crippen LogP contribution is 2.42. The molecule has 1 aliphatic rings. The minimum atomic E-state index is 0.567. The molecule has 2 rings (SSSR count). The van der Waals surface area contributed by atoms with Crippen molar-refractivity contribution in [3.05, 3.63) is 28.8 Å². The molecule has 1 saturated carbocycles. The molecule has 1 atom stereocenters. The third kappa shape index (κ3) is 2.99. The largest absolute Gasteiger partial charge is 0.492 e. The Morgan fingerprint density at radius 1 is 1.44 bits per heavy atom. The van der Waals surface area contributed by atoms with E-state index in [4.69, 9.17) is 22.1 Å². The van der Waals surface area contributed by atoms with Crippen LogP contribution in [0.2, 0.25) is 5.02 Å². The molecule has 2 N–H and O–H groups in total.